The van der Waals surface area contributed by atoms with Crippen LogP contribution < -0.4 is 9.62 Å². The van der Waals surface area contributed by atoms with Gasteiger partial charge in [-0.25, -0.2) is 8.42 Å². The largest absolute Gasteiger partial charge is 0.354 e. The average molecular weight is 465 g/mol. The highest BCUT2D eigenvalue weighted by Gasteiger charge is 2.20. The van der Waals surface area contributed by atoms with Crippen molar-refractivity contribution in [1.82, 2.24) is 10.2 Å². The van der Waals surface area contributed by atoms with Crippen LogP contribution in [0.4, 0.5) is 5.69 Å². The van der Waals surface area contributed by atoms with Crippen molar-refractivity contribution >= 4 is 44.2 Å². The van der Waals surface area contributed by atoms with Gasteiger partial charge in [0.2, 0.25) is 15.9 Å². The van der Waals surface area contributed by atoms with E-state index < -0.39 is 10.0 Å². The van der Waals surface area contributed by atoms with E-state index in [0.29, 0.717) is 12.2 Å². The molecule has 1 aromatic carbocycles. The zero-order valence-corrected chi connectivity index (χ0v) is 16.8. The molecule has 24 heavy (non-hydrogen) atoms. The molecule has 1 N–H and O–H groups in total. The van der Waals surface area contributed by atoms with Crippen LogP contribution in [0.3, 0.4) is 0 Å². The van der Waals surface area contributed by atoms with Crippen LogP contribution in [0.5, 0.6) is 0 Å². The van der Waals surface area contributed by atoms with Crippen LogP contribution in [0.25, 0.3) is 0 Å². The van der Waals surface area contributed by atoms with E-state index in [4.69, 9.17) is 0 Å². The normalized spacial score (nSPS) is 15.4. The van der Waals surface area contributed by atoms with E-state index in [1.807, 2.05) is 12.1 Å². The van der Waals surface area contributed by atoms with Crippen molar-refractivity contribution in [3.63, 3.8) is 0 Å². The summed E-state index contributed by atoms with van der Waals surface area (Å²) in [4.78, 5) is 14.5. The molecule has 6 nitrogen and oxygen atoms in total. The quantitative estimate of drug-likeness (QED) is 0.469. The fraction of sp³-hybridized carbons (Fsp3) is 0.562. The maximum Gasteiger partial charge on any atom is 0.240 e. The van der Waals surface area contributed by atoms with E-state index in [1.165, 1.54) is 12.8 Å². The lowest BCUT2D eigenvalue weighted by Crippen LogP contribution is -2.41. The van der Waals surface area contributed by atoms with Crippen LogP contribution in [0.1, 0.15) is 19.3 Å². The van der Waals surface area contributed by atoms with Gasteiger partial charge >= 0.3 is 0 Å². The summed E-state index contributed by atoms with van der Waals surface area (Å²) in [5, 5.41) is 2.82. The van der Waals surface area contributed by atoms with Crippen molar-refractivity contribution in [2.75, 3.05) is 43.3 Å². The van der Waals surface area contributed by atoms with E-state index in [0.717, 1.165) is 40.2 Å². The zero-order chi connectivity index (χ0) is 17.6. The van der Waals surface area contributed by atoms with Gasteiger partial charge in [-0.15, -0.1) is 0 Å². The number of carbonyl (C=O) groups excluding carboxylic acids is 1. The van der Waals surface area contributed by atoms with Crippen molar-refractivity contribution in [3.05, 3.63) is 27.8 Å². The number of benzene rings is 1. The van der Waals surface area contributed by atoms with Crippen molar-refractivity contribution < 1.29 is 13.2 Å². The maximum atomic E-state index is 12.1. The van der Waals surface area contributed by atoms with Gasteiger partial charge in [0.25, 0.3) is 0 Å². The first-order valence-electron chi connectivity index (χ1n) is 8.08. The molecule has 1 fully saturated rings. The fourth-order valence-corrected chi connectivity index (χ4v) is 3.95. The number of nitrogens with zero attached hydrogens (tertiary/aromatic N) is 2. The van der Waals surface area contributed by atoms with Crippen molar-refractivity contribution in [3.8, 4) is 0 Å². The molecule has 1 aromatic rings. The Kier molecular flexibility index (Phi) is 7.30. The van der Waals surface area contributed by atoms with E-state index >= 15 is 0 Å². The molecule has 0 aliphatic carbocycles. The van der Waals surface area contributed by atoms with Crippen LogP contribution in [0.2, 0.25) is 0 Å². The SMILES string of the molecule is CS(=O)(=O)N(CC(=O)NCCCN1CCCC1)c1ccc(I)cc1. The van der Waals surface area contributed by atoms with Crippen LogP contribution in [0.15, 0.2) is 24.3 Å². The molecule has 0 atom stereocenters. The second kappa shape index (κ2) is 9.00. The molecular formula is C16H24IN3O3S. The molecule has 1 amide bonds. The Labute approximate surface area is 157 Å². The van der Waals surface area contributed by atoms with Gasteiger partial charge < -0.3 is 10.2 Å². The molecule has 134 valence electrons. The van der Waals surface area contributed by atoms with Crippen molar-refractivity contribution in [1.29, 1.82) is 0 Å². The van der Waals surface area contributed by atoms with Gasteiger partial charge in [-0.2, -0.15) is 0 Å². The number of amides is 1. The number of nitrogens with one attached hydrogen (secondary N) is 1. The molecule has 2 rings (SSSR count). The topological polar surface area (TPSA) is 69.7 Å². The molecule has 1 saturated heterocycles. The van der Waals surface area contributed by atoms with E-state index in [9.17, 15) is 13.2 Å². The number of halogens is 1. The van der Waals surface area contributed by atoms with E-state index in [1.54, 1.807) is 12.1 Å². The molecule has 0 unspecified atom stereocenters. The number of sulfonamides is 1. The highest BCUT2D eigenvalue weighted by molar-refractivity contribution is 14.1. The summed E-state index contributed by atoms with van der Waals surface area (Å²) >= 11 is 2.15. The minimum absolute atomic E-state index is 0.191. The molecular weight excluding hydrogens is 441 g/mol. The van der Waals surface area contributed by atoms with E-state index in [2.05, 4.69) is 32.8 Å². The molecule has 0 aromatic heterocycles. The predicted octanol–water partition coefficient (Wildman–Crippen LogP) is 1.66. The Balaban J connectivity index is 1.84. The lowest BCUT2D eigenvalue weighted by atomic mass is 10.3. The Morgan fingerprint density at radius 1 is 1.25 bits per heavy atom. The summed E-state index contributed by atoms with van der Waals surface area (Å²) < 4.78 is 26.1. The first-order chi connectivity index (χ1) is 11.4. The Morgan fingerprint density at radius 2 is 1.88 bits per heavy atom. The number of carbonyl (C=O) groups is 1. The van der Waals surface area contributed by atoms with Crippen molar-refractivity contribution in [2.24, 2.45) is 0 Å². The second-order valence-corrected chi connectivity index (χ2v) is 9.15. The Bertz CT molecular complexity index is 643. The van der Waals surface area contributed by atoms with E-state index in [-0.39, 0.29) is 12.5 Å². The van der Waals surface area contributed by atoms with Gasteiger partial charge in [-0.3, -0.25) is 9.10 Å². The number of hydrogen-bond acceptors (Lipinski definition) is 4. The molecule has 1 aliphatic heterocycles. The lowest BCUT2D eigenvalue weighted by Gasteiger charge is -2.22. The van der Waals surface area contributed by atoms with Gasteiger partial charge in [-0.1, -0.05) is 0 Å². The third kappa shape index (κ3) is 6.21. The van der Waals surface area contributed by atoms with Gasteiger partial charge in [0.15, 0.2) is 0 Å². The average Bonchev–Trinajstić information content (AvgIpc) is 3.02. The third-order valence-electron chi connectivity index (χ3n) is 3.97. The molecule has 0 saturated carbocycles. The number of hydrogen-bond donors (Lipinski definition) is 1. The predicted molar refractivity (Wildman–Crippen MR) is 105 cm³/mol. The standard InChI is InChI=1S/C16H24IN3O3S/c1-24(22,23)20(15-7-5-14(17)6-8-15)13-16(21)18-9-4-12-19-10-2-3-11-19/h5-8H,2-4,9-13H2,1H3,(H,18,21). The van der Waals surface area contributed by atoms with Crippen molar-refractivity contribution in [2.45, 2.75) is 19.3 Å². The number of likely N-dealkylation sites (tertiary alicyclic amines) is 1. The fourth-order valence-electron chi connectivity index (χ4n) is 2.73. The first kappa shape index (κ1) is 19.5. The van der Waals surface area contributed by atoms with Crippen LogP contribution in [-0.2, 0) is 14.8 Å². The molecule has 8 heteroatoms. The number of anilines is 1. The minimum atomic E-state index is -3.51. The summed E-state index contributed by atoms with van der Waals surface area (Å²) in [7, 11) is -3.51. The highest BCUT2D eigenvalue weighted by atomic mass is 127. The summed E-state index contributed by atoms with van der Waals surface area (Å²) in [6.45, 7) is 3.64. The molecule has 0 radical (unpaired) electrons. The summed E-state index contributed by atoms with van der Waals surface area (Å²) in [6.07, 6.45) is 4.51. The molecule has 1 heterocycles. The summed E-state index contributed by atoms with van der Waals surface area (Å²) in [5.74, 6) is -0.277. The zero-order valence-electron chi connectivity index (χ0n) is 13.9. The maximum absolute atomic E-state index is 12.1. The monoisotopic (exact) mass is 465 g/mol. The third-order valence-corrected chi connectivity index (χ3v) is 5.83. The summed E-state index contributed by atoms with van der Waals surface area (Å²) in [5.41, 5.74) is 0.505. The van der Waals surface area contributed by atoms with Gasteiger partial charge in [-0.05, 0) is 85.8 Å². The highest BCUT2D eigenvalue weighted by Crippen LogP contribution is 2.18. The lowest BCUT2D eigenvalue weighted by molar-refractivity contribution is -0.119. The second-order valence-electron chi connectivity index (χ2n) is 6.00. The van der Waals surface area contributed by atoms with Crippen LogP contribution >= 0.6 is 22.6 Å². The van der Waals surface area contributed by atoms with Gasteiger partial charge in [0, 0.05) is 10.1 Å². The minimum Gasteiger partial charge on any atom is -0.354 e. The van der Waals surface area contributed by atoms with Gasteiger partial charge in [0.05, 0.1) is 11.9 Å². The number of rotatable bonds is 8. The smallest absolute Gasteiger partial charge is 0.240 e. The first-order valence-corrected chi connectivity index (χ1v) is 11.0. The summed E-state index contributed by atoms with van der Waals surface area (Å²) in [6, 6.07) is 7.07. The molecule has 1 aliphatic rings. The Hall–Kier alpha value is -0.870. The Morgan fingerprint density at radius 3 is 2.46 bits per heavy atom. The molecule has 0 bridgehead atoms. The van der Waals surface area contributed by atoms with Crippen LogP contribution in [-0.4, -0.2) is 58.2 Å². The van der Waals surface area contributed by atoms with Gasteiger partial charge in [0.1, 0.15) is 6.54 Å². The molecule has 0 spiro atoms. The van der Waals surface area contributed by atoms with Crippen LogP contribution in [0, 0.1) is 3.57 Å².